The number of hydrogen-bond donors (Lipinski definition) is 2. The molecule has 96 valence electrons. The number of carbonyl (C=O) groups excluding carboxylic acids is 1. The quantitative estimate of drug-likeness (QED) is 0.757. The summed E-state index contributed by atoms with van der Waals surface area (Å²) in [6.45, 7) is 1.55. The standard InChI is InChI=1S/C13H16N2O3/c16-13(15-10-2-3-10)7-14-6-9-1-4-11-12(5-9)18-8-17-11/h1,4-5,10,14H,2-3,6-8H2,(H,15,16)/p+1. The Morgan fingerprint density at radius 3 is 3.00 bits per heavy atom. The van der Waals surface area contributed by atoms with Crippen molar-refractivity contribution in [2.45, 2.75) is 25.4 Å². The second-order valence-corrected chi connectivity index (χ2v) is 4.73. The summed E-state index contributed by atoms with van der Waals surface area (Å²) in [5.41, 5.74) is 1.14. The zero-order valence-electron chi connectivity index (χ0n) is 10.1. The van der Waals surface area contributed by atoms with Crippen molar-refractivity contribution in [2.24, 2.45) is 0 Å². The summed E-state index contributed by atoms with van der Waals surface area (Å²) in [5.74, 6) is 1.71. The van der Waals surface area contributed by atoms with E-state index in [0.717, 1.165) is 36.4 Å². The van der Waals surface area contributed by atoms with E-state index in [1.165, 1.54) is 0 Å². The maximum atomic E-state index is 11.5. The molecule has 1 fully saturated rings. The molecule has 2 aliphatic rings. The van der Waals surface area contributed by atoms with Crippen molar-refractivity contribution in [1.82, 2.24) is 5.32 Å². The van der Waals surface area contributed by atoms with Gasteiger partial charge in [-0.1, -0.05) is 0 Å². The Morgan fingerprint density at radius 1 is 1.33 bits per heavy atom. The van der Waals surface area contributed by atoms with Gasteiger partial charge in [-0.15, -0.1) is 0 Å². The lowest BCUT2D eigenvalue weighted by molar-refractivity contribution is -0.660. The molecule has 0 atom stereocenters. The topological polar surface area (TPSA) is 64.2 Å². The van der Waals surface area contributed by atoms with Gasteiger partial charge in [-0.2, -0.15) is 0 Å². The molecule has 1 aromatic carbocycles. The lowest BCUT2D eigenvalue weighted by Gasteiger charge is -2.04. The Balaban J connectivity index is 1.46. The van der Waals surface area contributed by atoms with Crippen LogP contribution in [0.5, 0.6) is 11.5 Å². The van der Waals surface area contributed by atoms with Gasteiger partial charge in [0.1, 0.15) is 6.54 Å². The lowest BCUT2D eigenvalue weighted by atomic mass is 10.2. The average molecular weight is 249 g/mol. The third kappa shape index (κ3) is 2.73. The largest absolute Gasteiger partial charge is 0.454 e. The zero-order chi connectivity index (χ0) is 12.4. The van der Waals surface area contributed by atoms with E-state index in [2.05, 4.69) is 5.32 Å². The maximum Gasteiger partial charge on any atom is 0.275 e. The molecule has 0 radical (unpaired) electrons. The predicted molar refractivity (Wildman–Crippen MR) is 64.2 cm³/mol. The molecule has 0 spiro atoms. The van der Waals surface area contributed by atoms with E-state index in [4.69, 9.17) is 9.47 Å². The summed E-state index contributed by atoms with van der Waals surface area (Å²) in [4.78, 5) is 11.5. The number of amides is 1. The number of carbonyl (C=O) groups is 1. The van der Waals surface area contributed by atoms with Crippen LogP contribution in [0.15, 0.2) is 18.2 Å². The van der Waals surface area contributed by atoms with Crippen LogP contribution < -0.4 is 20.1 Å². The molecule has 1 aliphatic heterocycles. The van der Waals surface area contributed by atoms with Crippen molar-refractivity contribution in [1.29, 1.82) is 0 Å². The first-order chi connectivity index (χ1) is 8.81. The molecule has 5 heteroatoms. The van der Waals surface area contributed by atoms with E-state index in [1.54, 1.807) is 0 Å². The second-order valence-electron chi connectivity index (χ2n) is 4.73. The molecule has 18 heavy (non-hydrogen) atoms. The number of nitrogens with one attached hydrogen (secondary N) is 1. The molecule has 0 saturated heterocycles. The number of ether oxygens (including phenoxy) is 2. The van der Waals surface area contributed by atoms with Crippen LogP contribution in [0.2, 0.25) is 0 Å². The summed E-state index contributed by atoms with van der Waals surface area (Å²) in [7, 11) is 0. The molecule has 1 heterocycles. The normalized spacial score (nSPS) is 16.7. The van der Waals surface area contributed by atoms with Crippen LogP contribution in [0.25, 0.3) is 0 Å². The molecular formula is C13H17N2O3+. The van der Waals surface area contributed by atoms with Crippen molar-refractivity contribution >= 4 is 5.91 Å². The number of nitrogens with two attached hydrogens (primary N) is 1. The minimum absolute atomic E-state index is 0.123. The molecule has 1 saturated carbocycles. The highest BCUT2D eigenvalue weighted by molar-refractivity contribution is 5.77. The fourth-order valence-corrected chi connectivity index (χ4v) is 1.95. The molecule has 0 unspecified atom stereocenters. The minimum Gasteiger partial charge on any atom is -0.454 e. The highest BCUT2D eigenvalue weighted by Gasteiger charge is 2.23. The highest BCUT2D eigenvalue weighted by atomic mass is 16.7. The molecule has 1 aliphatic carbocycles. The third-order valence-electron chi connectivity index (χ3n) is 3.09. The SMILES string of the molecule is O=C(C[NH2+]Cc1ccc2c(c1)OCO2)NC1CC1. The number of rotatable bonds is 5. The minimum atomic E-state index is 0.123. The summed E-state index contributed by atoms with van der Waals surface area (Å²) in [6.07, 6.45) is 2.27. The summed E-state index contributed by atoms with van der Waals surface area (Å²) in [5, 5.41) is 4.96. The van der Waals surface area contributed by atoms with Crippen molar-refractivity contribution in [2.75, 3.05) is 13.3 Å². The molecular weight excluding hydrogens is 232 g/mol. The van der Waals surface area contributed by atoms with E-state index in [9.17, 15) is 4.79 Å². The van der Waals surface area contributed by atoms with Crippen LogP contribution in [0, 0.1) is 0 Å². The van der Waals surface area contributed by atoms with E-state index >= 15 is 0 Å². The fourth-order valence-electron chi connectivity index (χ4n) is 1.95. The van der Waals surface area contributed by atoms with Crippen LogP contribution >= 0.6 is 0 Å². The van der Waals surface area contributed by atoms with Crippen molar-refractivity contribution in [3.63, 3.8) is 0 Å². The molecule has 1 aromatic rings. The lowest BCUT2D eigenvalue weighted by Crippen LogP contribution is -2.85. The van der Waals surface area contributed by atoms with Gasteiger partial charge in [0.2, 0.25) is 6.79 Å². The average Bonchev–Trinajstić information content (AvgIpc) is 3.05. The maximum absolute atomic E-state index is 11.5. The Morgan fingerprint density at radius 2 is 2.17 bits per heavy atom. The molecule has 0 bridgehead atoms. The first-order valence-corrected chi connectivity index (χ1v) is 6.31. The van der Waals surface area contributed by atoms with Crippen LogP contribution in [0.3, 0.4) is 0 Å². The van der Waals surface area contributed by atoms with E-state index in [-0.39, 0.29) is 5.91 Å². The third-order valence-corrected chi connectivity index (χ3v) is 3.09. The van der Waals surface area contributed by atoms with Gasteiger partial charge in [-0.05, 0) is 31.0 Å². The second kappa shape index (κ2) is 4.86. The van der Waals surface area contributed by atoms with Gasteiger partial charge in [0, 0.05) is 11.6 Å². The van der Waals surface area contributed by atoms with Crippen molar-refractivity contribution < 1.29 is 19.6 Å². The Hall–Kier alpha value is -1.75. The zero-order valence-corrected chi connectivity index (χ0v) is 10.1. The van der Waals surface area contributed by atoms with E-state index in [0.29, 0.717) is 19.4 Å². The highest BCUT2D eigenvalue weighted by Crippen LogP contribution is 2.32. The summed E-state index contributed by atoms with van der Waals surface area (Å²) >= 11 is 0. The number of benzene rings is 1. The summed E-state index contributed by atoms with van der Waals surface area (Å²) < 4.78 is 10.6. The van der Waals surface area contributed by atoms with Gasteiger partial charge < -0.3 is 20.1 Å². The molecule has 5 nitrogen and oxygen atoms in total. The Kier molecular flexibility index (Phi) is 3.06. The van der Waals surface area contributed by atoms with Gasteiger partial charge >= 0.3 is 0 Å². The van der Waals surface area contributed by atoms with Crippen LogP contribution in [0.1, 0.15) is 18.4 Å². The van der Waals surface area contributed by atoms with Crippen molar-refractivity contribution in [3.8, 4) is 11.5 Å². The van der Waals surface area contributed by atoms with Crippen LogP contribution in [0.4, 0.5) is 0 Å². The van der Waals surface area contributed by atoms with E-state index < -0.39 is 0 Å². The number of fused-ring (bicyclic) bond motifs is 1. The smallest absolute Gasteiger partial charge is 0.275 e. The molecule has 3 rings (SSSR count). The van der Waals surface area contributed by atoms with Gasteiger partial charge in [-0.3, -0.25) is 4.79 Å². The fraction of sp³-hybridized carbons (Fsp3) is 0.462. The monoisotopic (exact) mass is 249 g/mol. The molecule has 1 amide bonds. The van der Waals surface area contributed by atoms with Crippen LogP contribution in [-0.4, -0.2) is 25.3 Å². The van der Waals surface area contributed by atoms with E-state index in [1.807, 2.05) is 23.5 Å². The first kappa shape index (κ1) is 11.3. The van der Waals surface area contributed by atoms with Gasteiger partial charge in [0.25, 0.3) is 5.91 Å². The van der Waals surface area contributed by atoms with Gasteiger partial charge in [0.15, 0.2) is 18.0 Å². The van der Waals surface area contributed by atoms with Gasteiger partial charge in [-0.25, -0.2) is 0 Å². The predicted octanol–water partition coefficient (Wildman–Crippen LogP) is -0.243. The molecule has 0 aromatic heterocycles. The molecule has 3 N–H and O–H groups in total. The van der Waals surface area contributed by atoms with Crippen LogP contribution in [-0.2, 0) is 11.3 Å². The number of hydrogen-bond acceptors (Lipinski definition) is 3. The van der Waals surface area contributed by atoms with Crippen molar-refractivity contribution in [3.05, 3.63) is 23.8 Å². The number of quaternary nitrogens is 1. The Bertz CT molecular complexity index is 458. The van der Waals surface area contributed by atoms with Gasteiger partial charge in [0.05, 0.1) is 0 Å². The Labute approximate surface area is 105 Å². The first-order valence-electron chi connectivity index (χ1n) is 6.31. The summed E-state index contributed by atoms with van der Waals surface area (Å²) in [6, 6.07) is 6.33.